The maximum atomic E-state index is 12.0. The molecule has 0 saturated heterocycles. The average Bonchev–Trinajstić information content (AvgIpc) is 2.06. The van der Waals surface area contributed by atoms with Gasteiger partial charge in [0.25, 0.3) is 0 Å². The third-order valence-electron chi connectivity index (χ3n) is 3.36. The minimum absolute atomic E-state index is 0.326. The third kappa shape index (κ3) is 3.15. The van der Waals surface area contributed by atoms with Crippen LogP contribution in [0, 0.1) is 5.92 Å². The monoisotopic (exact) mass is 209 g/mol. The summed E-state index contributed by atoms with van der Waals surface area (Å²) in [6.45, 7) is 3.07. The van der Waals surface area contributed by atoms with Crippen molar-refractivity contribution in [1.82, 2.24) is 5.32 Å². The number of rotatable bonds is 2. The molecule has 1 N–H and O–H groups in total. The van der Waals surface area contributed by atoms with Gasteiger partial charge in [0.15, 0.2) is 0 Å². The van der Waals surface area contributed by atoms with Crippen LogP contribution in [0.15, 0.2) is 0 Å². The normalized spacial score (nSPS) is 34.5. The van der Waals surface area contributed by atoms with Crippen molar-refractivity contribution in [3.63, 3.8) is 0 Å². The standard InChI is InChI=1S/C10H18F3N/c1-8-5-3-4-6-9(8,2)14-7-10(11,12)13/h8,14H,3-7H2,1-2H3. The van der Waals surface area contributed by atoms with Crippen molar-refractivity contribution in [3.8, 4) is 0 Å². The quantitative estimate of drug-likeness (QED) is 0.736. The van der Waals surface area contributed by atoms with Gasteiger partial charge in [-0.2, -0.15) is 13.2 Å². The van der Waals surface area contributed by atoms with Crippen LogP contribution in [0.4, 0.5) is 13.2 Å². The lowest BCUT2D eigenvalue weighted by molar-refractivity contribution is -0.130. The van der Waals surface area contributed by atoms with Crippen LogP contribution in [0.2, 0.25) is 0 Å². The van der Waals surface area contributed by atoms with Crippen LogP contribution in [0.5, 0.6) is 0 Å². The summed E-state index contributed by atoms with van der Waals surface area (Å²) in [6.07, 6.45) is -0.0397. The summed E-state index contributed by atoms with van der Waals surface area (Å²) in [5.74, 6) is 0.332. The van der Waals surface area contributed by atoms with Gasteiger partial charge in [-0.05, 0) is 25.7 Å². The highest BCUT2D eigenvalue weighted by Gasteiger charge is 2.37. The molecular weight excluding hydrogens is 191 g/mol. The molecule has 0 heterocycles. The molecule has 1 nitrogen and oxygen atoms in total. The van der Waals surface area contributed by atoms with Gasteiger partial charge < -0.3 is 5.32 Å². The Morgan fingerprint density at radius 2 is 2.00 bits per heavy atom. The topological polar surface area (TPSA) is 12.0 Å². The van der Waals surface area contributed by atoms with Crippen LogP contribution < -0.4 is 5.32 Å². The lowest BCUT2D eigenvalue weighted by atomic mass is 9.75. The van der Waals surface area contributed by atoms with Crippen molar-refractivity contribution >= 4 is 0 Å². The number of hydrogen-bond donors (Lipinski definition) is 1. The zero-order chi connectivity index (χ0) is 10.8. The Hall–Kier alpha value is -0.250. The minimum Gasteiger partial charge on any atom is -0.303 e. The van der Waals surface area contributed by atoms with E-state index in [0.717, 1.165) is 25.7 Å². The SMILES string of the molecule is CC1CCCCC1(C)NCC(F)(F)F. The molecule has 1 fully saturated rings. The van der Waals surface area contributed by atoms with E-state index in [1.54, 1.807) is 0 Å². The molecule has 0 aliphatic heterocycles. The summed E-state index contributed by atoms with van der Waals surface area (Å²) in [7, 11) is 0. The van der Waals surface area contributed by atoms with E-state index in [1.165, 1.54) is 0 Å². The fourth-order valence-corrected chi connectivity index (χ4v) is 2.07. The van der Waals surface area contributed by atoms with Crippen LogP contribution in [0.3, 0.4) is 0 Å². The molecule has 1 saturated carbocycles. The van der Waals surface area contributed by atoms with Crippen molar-refractivity contribution in [1.29, 1.82) is 0 Å². The van der Waals surface area contributed by atoms with E-state index in [4.69, 9.17) is 0 Å². The van der Waals surface area contributed by atoms with Crippen LogP contribution in [-0.2, 0) is 0 Å². The Morgan fingerprint density at radius 3 is 2.50 bits per heavy atom. The van der Waals surface area contributed by atoms with Gasteiger partial charge >= 0.3 is 6.18 Å². The molecule has 2 unspecified atom stereocenters. The van der Waals surface area contributed by atoms with E-state index >= 15 is 0 Å². The molecule has 0 aromatic heterocycles. The molecule has 0 aromatic carbocycles. The molecule has 0 bridgehead atoms. The van der Waals surface area contributed by atoms with Gasteiger partial charge in [0, 0.05) is 5.54 Å². The highest BCUT2D eigenvalue weighted by Crippen LogP contribution is 2.33. The third-order valence-corrected chi connectivity index (χ3v) is 3.36. The average molecular weight is 209 g/mol. The van der Waals surface area contributed by atoms with Gasteiger partial charge in [-0.15, -0.1) is 0 Å². The van der Waals surface area contributed by atoms with E-state index in [-0.39, 0.29) is 5.54 Å². The molecule has 14 heavy (non-hydrogen) atoms. The van der Waals surface area contributed by atoms with Crippen LogP contribution in [-0.4, -0.2) is 18.3 Å². The summed E-state index contributed by atoms with van der Waals surface area (Å²) in [4.78, 5) is 0. The molecule has 0 aromatic rings. The van der Waals surface area contributed by atoms with Gasteiger partial charge in [0.05, 0.1) is 6.54 Å². The minimum atomic E-state index is -4.10. The van der Waals surface area contributed by atoms with E-state index in [9.17, 15) is 13.2 Å². The van der Waals surface area contributed by atoms with Gasteiger partial charge in [0.1, 0.15) is 0 Å². The highest BCUT2D eigenvalue weighted by molar-refractivity contribution is 4.91. The first-order valence-electron chi connectivity index (χ1n) is 5.15. The van der Waals surface area contributed by atoms with Crippen LogP contribution in [0.25, 0.3) is 0 Å². The van der Waals surface area contributed by atoms with Crippen molar-refractivity contribution in [3.05, 3.63) is 0 Å². The first kappa shape index (κ1) is 11.8. The fraction of sp³-hybridized carbons (Fsp3) is 1.00. The number of alkyl halides is 3. The maximum Gasteiger partial charge on any atom is 0.401 e. The highest BCUT2D eigenvalue weighted by atomic mass is 19.4. The van der Waals surface area contributed by atoms with Gasteiger partial charge in [-0.25, -0.2) is 0 Å². The first-order valence-corrected chi connectivity index (χ1v) is 5.15. The molecule has 1 aliphatic rings. The molecule has 2 atom stereocenters. The number of nitrogens with one attached hydrogen (secondary N) is 1. The Kier molecular flexibility index (Phi) is 3.45. The second kappa shape index (κ2) is 4.09. The summed E-state index contributed by atoms with van der Waals surface area (Å²) >= 11 is 0. The van der Waals surface area contributed by atoms with Crippen molar-refractivity contribution in [2.75, 3.05) is 6.54 Å². The number of halogens is 3. The smallest absolute Gasteiger partial charge is 0.303 e. The van der Waals surface area contributed by atoms with Crippen LogP contribution >= 0.6 is 0 Å². The zero-order valence-electron chi connectivity index (χ0n) is 8.75. The molecule has 84 valence electrons. The first-order chi connectivity index (χ1) is 6.33. The maximum absolute atomic E-state index is 12.0. The van der Waals surface area contributed by atoms with E-state index < -0.39 is 12.7 Å². The summed E-state index contributed by atoms with van der Waals surface area (Å²) < 4.78 is 36.1. The molecule has 1 aliphatic carbocycles. The van der Waals surface area contributed by atoms with Crippen molar-refractivity contribution in [2.45, 2.75) is 51.2 Å². The van der Waals surface area contributed by atoms with Crippen LogP contribution in [0.1, 0.15) is 39.5 Å². The molecule has 0 amide bonds. The summed E-state index contributed by atoms with van der Waals surface area (Å²) in [6, 6.07) is 0. The van der Waals surface area contributed by atoms with Crippen molar-refractivity contribution in [2.24, 2.45) is 5.92 Å². The lowest BCUT2D eigenvalue weighted by Gasteiger charge is -2.41. The molecule has 1 rings (SSSR count). The predicted octanol–water partition coefficient (Wildman–Crippen LogP) is 3.11. The summed E-state index contributed by atoms with van der Waals surface area (Å²) in [5.41, 5.74) is -0.326. The van der Waals surface area contributed by atoms with E-state index in [2.05, 4.69) is 5.32 Å². The van der Waals surface area contributed by atoms with Crippen molar-refractivity contribution < 1.29 is 13.2 Å². The lowest BCUT2D eigenvalue weighted by Crippen LogP contribution is -2.52. The molecule has 0 spiro atoms. The van der Waals surface area contributed by atoms with Gasteiger partial charge in [0.2, 0.25) is 0 Å². The second-order valence-electron chi connectivity index (χ2n) is 4.53. The Labute approximate surface area is 83.1 Å². The second-order valence-corrected chi connectivity index (χ2v) is 4.53. The molecular formula is C10H18F3N. The Balaban J connectivity index is 2.47. The molecule has 0 radical (unpaired) electrons. The van der Waals surface area contributed by atoms with E-state index in [0.29, 0.717) is 5.92 Å². The molecule has 4 heteroatoms. The Bertz CT molecular complexity index is 190. The number of hydrogen-bond acceptors (Lipinski definition) is 1. The largest absolute Gasteiger partial charge is 0.401 e. The van der Waals surface area contributed by atoms with Gasteiger partial charge in [-0.3, -0.25) is 0 Å². The zero-order valence-corrected chi connectivity index (χ0v) is 8.75. The van der Waals surface area contributed by atoms with Gasteiger partial charge in [-0.1, -0.05) is 19.8 Å². The Morgan fingerprint density at radius 1 is 1.36 bits per heavy atom. The fourth-order valence-electron chi connectivity index (χ4n) is 2.07. The van der Waals surface area contributed by atoms with E-state index in [1.807, 2.05) is 13.8 Å². The summed E-state index contributed by atoms with van der Waals surface area (Å²) in [5, 5.41) is 2.66. The predicted molar refractivity (Wildman–Crippen MR) is 50.1 cm³/mol.